The Morgan fingerprint density at radius 1 is 0.824 bits per heavy atom. The summed E-state index contributed by atoms with van der Waals surface area (Å²) in [5.74, 6) is 0.433. The second-order valence-electron chi connectivity index (χ2n) is 7.56. The van der Waals surface area contributed by atoms with Crippen LogP contribution in [0.5, 0.6) is 17.2 Å². The second-order valence-corrected chi connectivity index (χ2v) is 7.56. The SMILES string of the molecule is COC(=O)c1cccc(Nc2ccc(OCCN(C)C)cc2Oc2ccccc2)c1C(=O)OC. The van der Waals surface area contributed by atoms with E-state index in [9.17, 15) is 9.59 Å². The Labute approximate surface area is 199 Å². The lowest BCUT2D eigenvalue weighted by Crippen LogP contribution is -2.19. The van der Waals surface area contributed by atoms with Crippen molar-refractivity contribution in [3.63, 3.8) is 0 Å². The minimum absolute atomic E-state index is 0.0637. The number of para-hydroxylation sites is 1. The molecule has 0 aliphatic rings. The number of anilines is 2. The van der Waals surface area contributed by atoms with Crippen LogP contribution in [0.15, 0.2) is 66.7 Å². The number of methoxy groups -OCH3 is 2. The van der Waals surface area contributed by atoms with Crippen LogP contribution in [0.3, 0.4) is 0 Å². The lowest BCUT2D eigenvalue weighted by Gasteiger charge is -2.18. The van der Waals surface area contributed by atoms with Gasteiger partial charge in [0.25, 0.3) is 0 Å². The molecule has 0 amide bonds. The van der Waals surface area contributed by atoms with Gasteiger partial charge in [0.15, 0.2) is 5.75 Å². The molecule has 0 atom stereocenters. The quantitative estimate of drug-likeness (QED) is 0.431. The van der Waals surface area contributed by atoms with Crippen LogP contribution < -0.4 is 14.8 Å². The van der Waals surface area contributed by atoms with Crippen molar-refractivity contribution in [3.05, 3.63) is 77.9 Å². The summed E-state index contributed by atoms with van der Waals surface area (Å²) in [5, 5.41) is 3.20. The minimum Gasteiger partial charge on any atom is -0.492 e. The molecule has 3 aromatic rings. The third-order valence-electron chi connectivity index (χ3n) is 4.86. The van der Waals surface area contributed by atoms with Gasteiger partial charge in [-0.15, -0.1) is 0 Å². The highest BCUT2D eigenvalue weighted by molar-refractivity contribution is 6.07. The molecule has 0 saturated heterocycles. The molecule has 3 rings (SSSR count). The van der Waals surface area contributed by atoms with Crippen LogP contribution >= 0.6 is 0 Å². The van der Waals surface area contributed by atoms with E-state index in [1.165, 1.54) is 20.3 Å². The molecule has 0 unspecified atom stereocenters. The van der Waals surface area contributed by atoms with Crippen molar-refractivity contribution in [3.8, 4) is 17.2 Å². The zero-order chi connectivity index (χ0) is 24.5. The van der Waals surface area contributed by atoms with E-state index in [1.54, 1.807) is 30.3 Å². The van der Waals surface area contributed by atoms with E-state index in [2.05, 4.69) is 5.32 Å². The van der Waals surface area contributed by atoms with Crippen molar-refractivity contribution in [1.82, 2.24) is 4.90 Å². The van der Waals surface area contributed by atoms with Gasteiger partial charge in [0.1, 0.15) is 18.1 Å². The van der Waals surface area contributed by atoms with Gasteiger partial charge in [-0.05, 0) is 50.5 Å². The number of benzene rings is 3. The van der Waals surface area contributed by atoms with Gasteiger partial charge in [-0.3, -0.25) is 0 Å². The number of ether oxygens (including phenoxy) is 4. The summed E-state index contributed by atoms with van der Waals surface area (Å²) in [7, 11) is 6.46. The summed E-state index contributed by atoms with van der Waals surface area (Å²) < 4.78 is 21.7. The highest BCUT2D eigenvalue weighted by Crippen LogP contribution is 2.36. The third kappa shape index (κ3) is 6.26. The van der Waals surface area contributed by atoms with Crippen molar-refractivity contribution < 1.29 is 28.5 Å². The first-order chi connectivity index (χ1) is 16.4. The topological polar surface area (TPSA) is 86.3 Å². The third-order valence-corrected chi connectivity index (χ3v) is 4.86. The average Bonchev–Trinajstić information content (AvgIpc) is 2.84. The molecule has 0 heterocycles. The Morgan fingerprint density at radius 3 is 2.24 bits per heavy atom. The molecule has 0 saturated carbocycles. The van der Waals surface area contributed by atoms with Crippen molar-refractivity contribution in [2.75, 3.05) is 46.8 Å². The van der Waals surface area contributed by atoms with E-state index in [0.717, 1.165) is 6.54 Å². The van der Waals surface area contributed by atoms with Crippen molar-refractivity contribution >= 4 is 23.3 Å². The molecule has 0 aliphatic carbocycles. The van der Waals surface area contributed by atoms with Gasteiger partial charge in [0.2, 0.25) is 0 Å². The molecule has 178 valence electrons. The number of nitrogens with one attached hydrogen (secondary N) is 1. The number of hydrogen-bond donors (Lipinski definition) is 1. The van der Waals surface area contributed by atoms with Crippen molar-refractivity contribution in [2.45, 2.75) is 0 Å². The predicted octanol–water partition coefficient (Wildman–Crippen LogP) is 4.74. The zero-order valence-corrected chi connectivity index (χ0v) is 19.7. The highest BCUT2D eigenvalue weighted by atomic mass is 16.5. The number of likely N-dealkylation sites (N-methyl/N-ethyl adjacent to an activating group) is 1. The maximum Gasteiger partial charge on any atom is 0.340 e. The smallest absolute Gasteiger partial charge is 0.340 e. The summed E-state index contributed by atoms with van der Waals surface area (Å²) in [6.45, 7) is 1.27. The van der Waals surface area contributed by atoms with Crippen LogP contribution in [-0.2, 0) is 9.47 Å². The molecule has 8 heteroatoms. The van der Waals surface area contributed by atoms with Crippen LogP contribution in [0.4, 0.5) is 11.4 Å². The Balaban J connectivity index is 2.00. The number of carbonyl (C=O) groups is 2. The normalized spacial score (nSPS) is 10.5. The standard InChI is InChI=1S/C26H28N2O6/c1-28(2)15-16-33-19-13-14-21(23(17-19)34-18-9-6-5-7-10-18)27-22-12-8-11-20(25(29)31-3)24(22)26(30)32-4/h5-14,17,27H,15-16H2,1-4H3. The van der Waals surface area contributed by atoms with Gasteiger partial charge in [-0.2, -0.15) is 0 Å². The van der Waals surface area contributed by atoms with Gasteiger partial charge in [-0.25, -0.2) is 9.59 Å². The van der Waals surface area contributed by atoms with Gasteiger partial charge in [0.05, 0.1) is 36.7 Å². The first-order valence-electron chi connectivity index (χ1n) is 10.6. The van der Waals surface area contributed by atoms with Gasteiger partial charge >= 0.3 is 11.9 Å². The minimum atomic E-state index is -0.669. The molecule has 0 spiro atoms. The predicted molar refractivity (Wildman–Crippen MR) is 129 cm³/mol. The van der Waals surface area contributed by atoms with E-state index >= 15 is 0 Å². The summed E-state index contributed by atoms with van der Waals surface area (Å²) >= 11 is 0. The molecule has 0 bridgehead atoms. The van der Waals surface area contributed by atoms with E-state index in [4.69, 9.17) is 18.9 Å². The largest absolute Gasteiger partial charge is 0.492 e. The molecule has 34 heavy (non-hydrogen) atoms. The molecule has 0 radical (unpaired) electrons. The molecular formula is C26H28N2O6. The average molecular weight is 465 g/mol. The first-order valence-corrected chi connectivity index (χ1v) is 10.6. The molecule has 1 N–H and O–H groups in total. The van der Waals surface area contributed by atoms with E-state index in [-0.39, 0.29) is 11.1 Å². The molecule has 0 aliphatic heterocycles. The molecule has 0 aromatic heterocycles. The Bertz CT molecular complexity index is 1130. The van der Waals surface area contributed by atoms with Crippen LogP contribution in [0.25, 0.3) is 0 Å². The fourth-order valence-corrected chi connectivity index (χ4v) is 3.15. The Kier molecular flexibility index (Phi) is 8.48. The van der Waals surface area contributed by atoms with Crippen LogP contribution in [-0.4, -0.2) is 58.3 Å². The van der Waals surface area contributed by atoms with Gasteiger partial charge in [-0.1, -0.05) is 24.3 Å². The summed E-state index contributed by atoms with van der Waals surface area (Å²) in [5.41, 5.74) is 1.09. The van der Waals surface area contributed by atoms with Gasteiger partial charge in [0, 0.05) is 12.6 Å². The monoisotopic (exact) mass is 464 g/mol. The Hall–Kier alpha value is -4.04. The van der Waals surface area contributed by atoms with Crippen molar-refractivity contribution in [1.29, 1.82) is 0 Å². The fraction of sp³-hybridized carbons (Fsp3) is 0.231. The van der Waals surface area contributed by atoms with E-state index in [0.29, 0.717) is 35.2 Å². The molecule has 3 aromatic carbocycles. The first kappa shape index (κ1) is 24.6. The summed E-state index contributed by atoms with van der Waals surface area (Å²) in [6.07, 6.45) is 0. The number of rotatable bonds is 10. The maximum atomic E-state index is 12.5. The zero-order valence-electron chi connectivity index (χ0n) is 19.7. The Morgan fingerprint density at radius 2 is 1.56 bits per heavy atom. The summed E-state index contributed by atoms with van der Waals surface area (Å²) in [6, 6.07) is 19.5. The lowest BCUT2D eigenvalue weighted by molar-refractivity contribution is 0.0556. The van der Waals surface area contributed by atoms with Crippen molar-refractivity contribution in [2.24, 2.45) is 0 Å². The maximum absolute atomic E-state index is 12.5. The molecule has 0 fully saturated rings. The molecular weight excluding hydrogens is 436 g/mol. The number of carbonyl (C=O) groups excluding carboxylic acids is 2. The number of hydrogen-bond acceptors (Lipinski definition) is 8. The van der Waals surface area contributed by atoms with Crippen LogP contribution in [0.1, 0.15) is 20.7 Å². The fourth-order valence-electron chi connectivity index (χ4n) is 3.15. The van der Waals surface area contributed by atoms with Gasteiger partial charge < -0.3 is 29.2 Å². The van der Waals surface area contributed by atoms with E-state index in [1.807, 2.05) is 49.3 Å². The van der Waals surface area contributed by atoms with E-state index < -0.39 is 11.9 Å². The van der Waals surface area contributed by atoms with Crippen LogP contribution in [0.2, 0.25) is 0 Å². The van der Waals surface area contributed by atoms with Crippen LogP contribution in [0, 0.1) is 0 Å². The number of nitrogens with zero attached hydrogens (tertiary/aromatic N) is 1. The summed E-state index contributed by atoms with van der Waals surface area (Å²) in [4.78, 5) is 26.8. The second kappa shape index (κ2) is 11.7. The molecule has 8 nitrogen and oxygen atoms in total. The highest BCUT2D eigenvalue weighted by Gasteiger charge is 2.23. The number of esters is 2. The lowest BCUT2D eigenvalue weighted by atomic mass is 10.0.